The van der Waals surface area contributed by atoms with Crippen LogP contribution in [-0.4, -0.2) is 74.3 Å². The van der Waals surface area contributed by atoms with Gasteiger partial charge >= 0.3 is 13.8 Å². The highest BCUT2D eigenvalue weighted by molar-refractivity contribution is 7.47. The molecule has 0 saturated carbocycles. The summed E-state index contributed by atoms with van der Waals surface area (Å²) in [6, 6.07) is -0.851. The van der Waals surface area contributed by atoms with E-state index in [2.05, 4.69) is 62.5 Å². The van der Waals surface area contributed by atoms with Crippen molar-refractivity contribution in [1.82, 2.24) is 5.32 Å². The number of amides is 1. The van der Waals surface area contributed by atoms with Gasteiger partial charge in [0.05, 0.1) is 33.8 Å². The summed E-state index contributed by atoms with van der Waals surface area (Å²) in [7, 11) is 1.50. The molecule has 9 nitrogen and oxygen atoms in total. The van der Waals surface area contributed by atoms with E-state index in [1.54, 1.807) is 0 Å². The molecule has 0 rings (SSSR count). The van der Waals surface area contributed by atoms with Crippen molar-refractivity contribution in [2.24, 2.45) is 0 Å². The summed E-state index contributed by atoms with van der Waals surface area (Å²) >= 11 is 0. The normalized spacial score (nSPS) is 13.9. The van der Waals surface area contributed by atoms with Crippen molar-refractivity contribution in [3.63, 3.8) is 0 Å². The Hall–Kier alpha value is -2.03. The average Bonchev–Trinajstić information content (AvgIpc) is 3.38. The van der Waals surface area contributed by atoms with Gasteiger partial charge in [-0.1, -0.05) is 256 Å². The first kappa shape index (κ1) is 74.0. The number of ether oxygens (including phenoxy) is 1. The van der Waals surface area contributed by atoms with Gasteiger partial charge in [-0.05, 0) is 89.5 Å². The van der Waals surface area contributed by atoms with E-state index in [0.29, 0.717) is 23.9 Å². The van der Waals surface area contributed by atoms with Crippen molar-refractivity contribution in [1.29, 1.82) is 0 Å². The molecule has 0 radical (unpaired) electrons. The Labute approximate surface area is 471 Å². The van der Waals surface area contributed by atoms with Crippen LogP contribution in [0.4, 0.5) is 0 Å². The van der Waals surface area contributed by atoms with Gasteiger partial charge in [0.2, 0.25) is 5.91 Å². The number of hydrogen-bond donors (Lipinski definition) is 2. The molecule has 0 aromatic rings. The first-order valence-corrected chi connectivity index (χ1v) is 34.0. The smallest absolute Gasteiger partial charge is 0.456 e. The van der Waals surface area contributed by atoms with E-state index in [-0.39, 0.29) is 25.1 Å². The largest absolute Gasteiger partial charge is 0.472 e. The lowest BCUT2D eigenvalue weighted by atomic mass is 10.0. The van der Waals surface area contributed by atoms with E-state index in [1.807, 2.05) is 33.3 Å². The number of phosphoric acid groups is 1. The maximum absolute atomic E-state index is 13.5. The van der Waals surface area contributed by atoms with Crippen molar-refractivity contribution in [3.05, 3.63) is 48.6 Å². The van der Waals surface area contributed by atoms with E-state index in [0.717, 1.165) is 83.5 Å². The number of esters is 1. The van der Waals surface area contributed by atoms with Crippen molar-refractivity contribution >= 4 is 19.7 Å². The molecule has 1 amide bonds. The fourth-order valence-electron chi connectivity index (χ4n) is 9.44. The van der Waals surface area contributed by atoms with Crippen LogP contribution >= 0.6 is 7.82 Å². The lowest BCUT2D eigenvalue weighted by molar-refractivity contribution is -0.870. The number of nitrogens with one attached hydrogen (secondary N) is 1. The van der Waals surface area contributed by atoms with Crippen molar-refractivity contribution in [3.8, 4) is 0 Å². The Bertz CT molecular complexity index is 1440. The van der Waals surface area contributed by atoms with Crippen LogP contribution < -0.4 is 5.32 Å². The molecule has 0 saturated heterocycles. The van der Waals surface area contributed by atoms with Gasteiger partial charge in [-0.2, -0.15) is 0 Å². The number of likely N-dealkylation sites (N-methyl/N-ethyl adjacent to an activating group) is 1. The van der Waals surface area contributed by atoms with Crippen molar-refractivity contribution < 1.29 is 37.3 Å². The predicted octanol–water partition coefficient (Wildman–Crippen LogP) is 20.1. The number of carbonyl (C=O) groups excluding carboxylic acids is 2. The summed E-state index contributed by atoms with van der Waals surface area (Å²) in [4.78, 5) is 37.7. The van der Waals surface area contributed by atoms with Gasteiger partial charge in [0.25, 0.3) is 0 Å². The third-order valence-corrected chi connectivity index (χ3v) is 15.5. The highest BCUT2D eigenvalue weighted by atomic mass is 31.2. The number of rotatable bonds is 59. The van der Waals surface area contributed by atoms with Gasteiger partial charge < -0.3 is 19.4 Å². The molecule has 0 aliphatic rings. The zero-order valence-electron chi connectivity index (χ0n) is 51.0. The summed E-state index contributed by atoms with van der Waals surface area (Å²) in [5.41, 5.74) is 0. The molecule has 0 aliphatic carbocycles. The number of quaternary nitrogens is 1. The quantitative estimate of drug-likeness (QED) is 0.0205. The Morgan fingerprint density at radius 1 is 0.461 bits per heavy atom. The number of unbranched alkanes of at least 4 members (excludes halogenated alkanes) is 37. The molecule has 0 aromatic carbocycles. The van der Waals surface area contributed by atoms with E-state index in [9.17, 15) is 19.0 Å². The van der Waals surface area contributed by atoms with Gasteiger partial charge in [0.15, 0.2) is 0 Å². The summed E-state index contributed by atoms with van der Waals surface area (Å²) in [5, 5.41) is 3.06. The maximum Gasteiger partial charge on any atom is 0.472 e. The molecule has 0 bridgehead atoms. The van der Waals surface area contributed by atoms with Crippen LogP contribution in [0.25, 0.3) is 0 Å². The van der Waals surface area contributed by atoms with Gasteiger partial charge in [-0.3, -0.25) is 18.6 Å². The minimum Gasteiger partial charge on any atom is -0.456 e. The van der Waals surface area contributed by atoms with Gasteiger partial charge in [0.1, 0.15) is 19.3 Å². The molecule has 3 unspecified atom stereocenters. The molecule has 0 aliphatic heterocycles. The standard InChI is InChI=1S/C66H125N2O7P/c1-7-10-13-16-19-22-25-27-29-31-32-33-34-35-36-37-39-41-44-47-50-53-56-59-66(70)75-64(57-54-51-48-45-42-24-21-18-15-12-9-3)63(62-74-76(71,72)73-61-60-68(4,5)6)67-65(69)58-55-52-49-46-43-40-38-30-28-26-23-20-17-14-11-8-2/h19,22,27,29-30,38,54,57,63-64H,7-18,20-21,23-26,28,31-37,39-53,55-56,58-62H2,1-6H3,(H-,67,69,71,72)/p+1/b22-19-,29-27-,38-30+,57-54-. The summed E-state index contributed by atoms with van der Waals surface area (Å²) in [6.45, 7) is 7.00. The second kappa shape index (κ2) is 56.3. The molecule has 3 atom stereocenters. The number of allylic oxidation sites excluding steroid dienone is 7. The van der Waals surface area contributed by atoms with Crippen LogP contribution in [0.3, 0.4) is 0 Å². The lowest BCUT2D eigenvalue weighted by Crippen LogP contribution is -2.47. The molecule has 76 heavy (non-hydrogen) atoms. The van der Waals surface area contributed by atoms with E-state index in [4.69, 9.17) is 13.8 Å². The first-order valence-electron chi connectivity index (χ1n) is 32.5. The third kappa shape index (κ3) is 56.7. The molecule has 0 aromatic heterocycles. The Morgan fingerprint density at radius 3 is 1.22 bits per heavy atom. The molecule has 2 N–H and O–H groups in total. The number of hydrogen-bond acceptors (Lipinski definition) is 6. The molecule has 446 valence electrons. The molecule has 0 heterocycles. The van der Waals surface area contributed by atoms with E-state index >= 15 is 0 Å². The van der Waals surface area contributed by atoms with Crippen LogP contribution in [0.2, 0.25) is 0 Å². The van der Waals surface area contributed by atoms with Crippen LogP contribution in [0.5, 0.6) is 0 Å². The zero-order chi connectivity index (χ0) is 55.7. The minimum atomic E-state index is -4.45. The number of phosphoric ester groups is 1. The average molecular weight is 1090 g/mol. The lowest BCUT2D eigenvalue weighted by Gasteiger charge is -2.27. The Balaban J connectivity index is 5.11. The Kier molecular flexibility index (Phi) is 54.7. The van der Waals surface area contributed by atoms with Crippen molar-refractivity contribution in [2.75, 3.05) is 40.9 Å². The molecular formula is C66H126N2O7P+. The number of nitrogens with zero attached hydrogens (tertiary/aromatic N) is 1. The van der Waals surface area contributed by atoms with Crippen LogP contribution in [0, 0.1) is 0 Å². The van der Waals surface area contributed by atoms with Crippen molar-refractivity contribution in [2.45, 2.75) is 322 Å². The fraction of sp³-hybridized carbons (Fsp3) is 0.848. The minimum absolute atomic E-state index is 0.0394. The Morgan fingerprint density at radius 2 is 0.803 bits per heavy atom. The summed E-state index contributed by atoms with van der Waals surface area (Å²) in [5.74, 6) is -0.506. The molecular weight excluding hydrogens is 964 g/mol. The first-order chi connectivity index (χ1) is 36.9. The molecule has 0 fully saturated rings. The fourth-order valence-corrected chi connectivity index (χ4v) is 10.2. The second-order valence-corrected chi connectivity index (χ2v) is 24.7. The predicted molar refractivity (Wildman–Crippen MR) is 328 cm³/mol. The third-order valence-electron chi connectivity index (χ3n) is 14.5. The summed E-state index contributed by atoms with van der Waals surface area (Å²) < 4.78 is 30.7. The zero-order valence-corrected chi connectivity index (χ0v) is 51.9. The highest BCUT2D eigenvalue weighted by Gasteiger charge is 2.30. The maximum atomic E-state index is 13.5. The van der Waals surface area contributed by atoms with Crippen LogP contribution in [-0.2, 0) is 27.9 Å². The highest BCUT2D eigenvalue weighted by Crippen LogP contribution is 2.43. The monoisotopic (exact) mass is 1090 g/mol. The van der Waals surface area contributed by atoms with Crippen LogP contribution in [0.1, 0.15) is 310 Å². The summed E-state index contributed by atoms with van der Waals surface area (Å²) in [6.07, 6.45) is 69.7. The topological polar surface area (TPSA) is 111 Å². The molecule has 0 spiro atoms. The number of carbonyl (C=O) groups is 2. The van der Waals surface area contributed by atoms with Crippen LogP contribution in [0.15, 0.2) is 48.6 Å². The second-order valence-electron chi connectivity index (χ2n) is 23.3. The van der Waals surface area contributed by atoms with Gasteiger partial charge in [-0.15, -0.1) is 0 Å². The van der Waals surface area contributed by atoms with Gasteiger partial charge in [0, 0.05) is 12.8 Å². The van der Waals surface area contributed by atoms with E-state index < -0.39 is 20.0 Å². The molecule has 10 heteroatoms. The SMILES string of the molecule is CCCCC/C=C\C/C=C\CCCCCCCCCCCCCCCC(=O)OC(/C=C\CCCCCCCCCCC)C(COP(=O)(O)OCC[N+](C)(C)C)NC(=O)CCCCCCC/C=C/CCCCCCCCC. The van der Waals surface area contributed by atoms with E-state index in [1.165, 1.54) is 193 Å². The van der Waals surface area contributed by atoms with Gasteiger partial charge in [-0.25, -0.2) is 4.57 Å².